The van der Waals surface area contributed by atoms with Gasteiger partial charge < -0.3 is 10.1 Å². The molecule has 0 aromatic rings. The van der Waals surface area contributed by atoms with Crippen LogP contribution < -0.4 is 5.32 Å². The van der Waals surface area contributed by atoms with Gasteiger partial charge in [-0.05, 0) is 40.9 Å². The number of hydrogen-bond donors (Lipinski definition) is 1. The van der Waals surface area contributed by atoms with Crippen LogP contribution in [0, 0.1) is 0 Å². The fraction of sp³-hybridized carbons (Fsp3) is 0.909. The minimum atomic E-state index is -0.258. The molecule has 0 rings (SSSR count). The zero-order valence-corrected chi connectivity index (χ0v) is 11.5. The fourth-order valence-electron chi connectivity index (χ4n) is 0.717. The van der Waals surface area contributed by atoms with Gasteiger partial charge in [-0.25, -0.2) is 0 Å². The Hall–Kier alpha value is -0.220. The Morgan fingerprint density at radius 2 is 1.80 bits per heavy atom. The standard InChI is InChI=1S/C11H23NO2S/c1-10(2,3)14-7-9(13)12-8-11(4,5)15-6/h7-8H2,1-6H3,(H,12,13). The predicted octanol–water partition coefficient (Wildman–Crippen LogP) is 2.06. The summed E-state index contributed by atoms with van der Waals surface area (Å²) in [6, 6.07) is 0. The van der Waals surface area contributed by atoms with Crippen LogP contribution in [0.4, 0.5) is 0 Å². The number of carbonyl (C=O) groups excluding carboxylic acids is 1. The smallest absolute Gasteiger partial charge is 0.246 e. The second-order valence-electron chi connectivity index (χ2n) is 5.14. The highest BCUT2D eigenvalue weighted by Gasteiger charge is 2.18. The van der Waals surface area contributed by atoms with E-state index in [2.05, 4.69) is 19.2 Å². The summed E-state index contributed by atoms with van der Waals surface area (Å²) >= 11 is 1.74. The molecule has 1 amide bonds. The molecule has 0 aliphatic carbocycles. The third kappa shape index (κ3) is 8.75. The van der Waals surface area contributed by atoms with Gasteiger partial charge in [-0.2, -0.15) is 11.8 Å². The SMILES string of the molecule is CSC(C)(C)CNC(=O)COC(C)(C)C. The first-order valence-electron chi connectivity index (χ1n) is 5.12. The van der Waals surface area contributed by atoms with Crippen molar-refractivity contribution in [3.8, 4) is 0 Å². The van der Waals surface area contributed by atoms with Gasteiger partial charge >= 0.3 is 0 Å². The molecule has 4 heteroatoms. The maximum absolute atomic E-state index is 11.4. The highest BCUT2D eigenvalue weighted by molar-refractivity contribution is 7.99. The molecule has 0 aliphatic heterocycles. The third-order valence-electron chi connectivity index (χ3n) is 1.90. The second-order valence-corrected chi connectivity index (χ2v) is 6.66. The second kappa shape index (κ2) is 5.75. The maximum atomic E-state index is 11.4. The zero-order valence-electron chi connectivity index (χ0n) is 10.6. The van der Waals surface area contributed by atoms with E-state index in [1.807, 2.05) is 27.0 Å². The highest BCUT2D eigenvalue weighted by Crippen LogP contribution is 2.19. The van der Waals surface area contributed by atoms with Crippen LogP contribution in [0.15, 0.2) is 0 Å². The monoisotopic (exact) mass is 233 g/mol. The Bertz CT molecular complexity index is 209. The lowest BCUT2D eigenvalue weighted by Gasteiger charge is -2.23. The van der Waals surface area contributed by atoms with Gasteiger partial charge in [0.05, 0.1) is 5.60 Å². The van der Waals surface area contributed by atoms with Gasteiger partial charge in [-0.3, -0.25) is 4.79 Å². The van der Waals surface area contributed by atoms with Gasteiger partial charge in [0.1, 0.15) is 6.61 Å². The number of nitrogens with one attached hydrogen (secondary N) is 1. The number of ether oxygens (including phenoxy) is 1. The Balaban J connectivity index is 3.77. The van der Waals surface area contributed by atoms with E-state index >= 15 is 0 Å². The molecule has 90 valence electrons. The van der Waals surface area contributed by atoms with Crippen LogP contribution >= 0.6 is 11.8 Å². The highest BCUT2D eigenvalue weighted by atomic mass is 32.2. The normalized spacial score (nSPS) is 12.7. The molecule has 15 heavy (non-hydrogen) atoms. The quantitative estimate of drug-likeness (QED) is 0.790. The first kappa shape index (κ1) is 14.8. The van der Waals surface area contributed by atoms with E-state index < -0.39 is 0 Å². The molecule has 0 fully saturated rings. The third-order valence-corrected chi connectivity index (χ3v) is 3.15. The summed E-state index contributed by atoms with van der Waals surface area (Å²) in [5.41, 5.74) is -0.258. The summed E-state index contributed by atoms with van der Waals surface area (Å²) < 4.78 is 5.45. The molecule has 0 bridgehead atoms. The number of amides is 1. The number of thioether (sulfide) groups is 1. The lowest BCUT2D eigenvalue weighted by Crippen LogP contribution is -2.39. The predicted molar refractivity (Wildman–Crippen MR) is 66.3 cm³/mol. The molecule has 0 aliphatic rings. The lowest BCUT2D eigenvalue weighted by atomic mass is 10.2. The van der Waals surface area contributed by atoms with Crippen LogP contribution in [-0.4, -0.2) is 35.7 Å². The van der Waals surface area contributed by atoms with E-state index in [0.717, 1.165) is 0 Å². The van der Waals surface area contributed by atoms with Crippen molar-refractivity contribution in [2.45, 2.75) is 45.0 Å². The molecule has 1 N–H and O–H groups in total. The molecular formula is C11H23NO2S. The fourth-order valence-corrected chi connectivity index (χ4v) is 0.933. The summed E-state index contributed by atoms with van der Waals surface area (Å²) in [6.07, 6.45) is 2.04. The molecule has 0 spiro atoms. The molecule has 0 unspecified atom stereocenters. The van der Waals surface area contributed by atoms with Crippen molar-refractivity contribution in [3.05, 3.63) is 0 Å². The summed E-state index contributed by atoms with van der Waals surface area (Å²) in [5, 5.41) is 2.86. The molecule has 3 nitrogen and oxygen atoms in total. The Morgan fingerprint density at radius 1 is 1.27 bits per heavy atom. The Labute approximate surface area is 97.3 Å². The maximum Gasteiger partial charge on any atom is 0.246 e. The summed E-state index contributed by atoms with van der Waals surface area (Å²) in [6.45, 7) is 10.8. The minimum Gasteiger partial charge on any atom is -0.366 e. The molecule has 0 aromatic carbocycles. The van der Waals surface area contributed by atoms with Crippen molar-refractivity contribution in [2.75, 3.05) is 19.4 Å². The number of carbonyl (C=O) groups is 1. The van der Waals surface area contributed by atoms with E-state index in [9.17, 15) is 4.79 Å². The Kier molecular flexibility index (Phi) is 5.67. The first-order chi connectivity index (χ1) is 6.66. The average molecular weight is 233 g/mol. The van der Waals surface area contributed by atoms with E-state index in [1.165, 1.54) is 0 Å². The lowest BCUT2D eigenvalue weighted by molar-refractivity contribution is -0.130. The van der Waals surface area contributed by atoms with Crippen molar-refractivity contribution in [3.63, 3.8) is 0 Å². The van der Waals surface area contributed by atoms with Gasteiger partial charge in [0.15, 0.2) is 0 Å². The van der Waals surface area contributed by atoms with Gasteiger partial charge in [-0.15, -0.1) is 0 Å². The minimum absolute atomic E-state index is 0.0490. The Morgan fingerprint density at radius 3 is 2.20 bits per heavy atom. The van der Waals surface area contributed by atoms with E-state index in [0.29, 0.717) is 6.54 Å². The van der Waals surface area contributed by atoms with Gasteiger partial charge in [0.25, 0.3) is 0 Å². The molecule has 0 radical (unpaired) electrons. The van der Waals surface area contributed by atoms with Crippen LogP contribution in [0.25, 0.3) is 0 Å². The summed E-state index contributed by atoms with van der Waals surface area (Å²) in [7, 11) is 0. The van der Waals surface area contributed by atoms with E-state index in [-0.39, 0.29) is 22.9 Å². The topological polar surface area (TPSA) is 38.3 Å². The van der Waals surface area contributed by atoms with E-state index in [4.69, 9.17) is 4.74 Å². The van der Waals surface area contributed by atoms with Crippen LogP contribution in [0.1, 0.15) is 34.6 Å². The van der Waals surface area contributed by atoms with E-state index in [1.54, 1.807) is 11.8 Å². The molecule has 0 saturated carbocycles. The van der Waals surface area contributed by atoms with Crippen LogP contribution in [0.2, 0.25) is 0 Å². The molecule has 0 atom stereocenters. The number of rotatable bonds is 5. The first-order valence-corrected chi connectivity index (χ1v) is 6.34. The van der Waals surface area contributed by atoms with Crippen LogP contribution in [0.3, 0.4) is 0 Å². The van der Waals surface area contributed by atoms with Crippen molar-refractivity contribution >= 4 is 17.7 Å². The largest absolute Gasteiger partial charge is 0.366 e. The molecule has 0 saturated heterocycles. The van der Waals surface area contributed by atoms with Crippen molar-refractivity contribution in [1.82, 2.24) is 5.32 Å². The zero-order chi connectivity index (χ0) is 12.1. The van der Waals surface area contributed by atoms with Crippen molar-refractivity contribution in [1.29, 1.82) is 0 Å². The van der Waals surface area contributed by atoms with Crippen LogP contribution in [0.5, 0.6) is 0 Å². The average Bonchev–Trinajstić information content (AvgIpc) is 2.10. The van der Waals surface area contributed by atoms with Crippen LogP contribution in [-0.2, 0) is 9.53 Å². The molecular weight excluding hydrogens is 210 g/mol. The van der Waals surface area contributed by atoms with Gasteiger partial charge in [0, 0.05) is 11.3 Å². The number of hydrogen-bond acceptors (Lipinski definition) is 3. The van der Waals surface area contributed by atoms with Gasteiger partial charge in [0.2, 0.25) is 5.91 Å². The van der Waals surface area contributed by atoms with Crippen molar-refractivity contribution < 1.29 is 9.53 Å². The summed E-state index contributed by atoms with van der Waals surface area (Å²) in [5.74, 6) is -0.0490. The van der Waals surface area contributed by atoms with Gasteiger partial charge in [-0.1, -0.05) is 0 Å². The van der Waals surface area contributed by atoms with Crippen molar-refractivity contribution in [2.24, 2.45) is 0 Å². The molecule has 0 aromatic heterocycles. The molecule has 0 heterocycles. The summed E-state index contributed by atoms with van der Waals surface area (Å²) in [4.78, 5) is 11.4.